The summed E-state index contributed by atoms with van der Waals surface area (Å²) in [5, 5.41) is 0. The fourth-order valence-corrected chi connectivity index (χ4v) is 3.94. The molecule has 3 heterocycles. The molecule has 2 aliphatic heterocycles. The lowest BCUT2D eigenvalue weighted by atomic mass is 9.93. The monoisotopic (exact) mass is 350 g/mol. The van der Waals surface area contributed by atoms with Crippen LogP contribution in [0.5, 0.6) is 0 Å². The van der Waals surface area contributed by atoms with E-state index >= 15 is 0 Å². The molecule has 0 bridgehead atoms. The first-order valence-corrected chi connectivity index (χ1v) is 9.56. The van der Waals surface area contributed by atoms with Crippen LogP contribution in [0.2, 0.25) is 0 Å². The van der Waals surface area contributed by atoms with E-state index in [1.807, 2.05) is 11.0 Å². The normalized spacial score (nSPS) is 23.2. The Bertz CT molecular complexity index is 743. The molecule has 2 atom stereocenters. The van der Waals surface area contributed by atoms with Crippen molar-refractivity contribution in [2.75, 3.05) is 19.6 Å². The molecule has 0 spiro atoms. The highest BCUT2D eigenvalue weighted by Gasteiger charge is 2.31. The number of pyridine rings is 1. The number of piperidine rings is 1. The molecule has 5 heteroatoms. The molecule has 5 nitrogen and oxygen atoms in total. The van der Waals surface area contributed by atoms with Gasteiger partial charge in [-0.25, -0.2) is 5.43 Å². The molecule has 26 heavy (non-hydrogen) atoms. The first-order valence-electron chi connectivity index (χ1n) is 9.56. The number of carbonyl (C=O) groups excluding carboxylic acids is 1. The van der Waals surface area contributed by atoms with Gasteiger partial charge in [-0.05, 0) is 37.0 Å². The van der Waals surface area contributed by atoms with E-state index in [2.05, 4.69) is 53.3 Å². The molecule has 1 aromatic heterocycles. The zero-order valence-electron chi connectivity index (χ0n) is 15.0. The van der Waals surface area contributed by atoms with E-state index in [9.17, 15) is 4.79 Å². The number of hydrazine groups is 1. The number of carbonyl (C=O) groups is 1. The van der Waals surface area contributed by atoms with Crippen molar-refractivity contribution in [1.29, 1.82) is 0 Å². The molecule has 0 saturated carbocycles. The van der Waals surface area contributed by atoms with Crippen LogP contribution in [0.4, 0.5) is 0 Å². The van der Waals surface area contributed by atoms with Crippen molar-refractivity contribution in [1.82, 2.24) is 20.7 Å². The summed E-state index contributed by atoms with van der Waals surface area (Å²) in [6, 6.07) is 16.7. The zero-order chi connectivity index (χ0) is 17.8. The van der Waals surface area contributed by atoms with E-state index in [0.717, 1.165) is 56.7 Å². The highest BCUT2D eigenvalue weighted by Crippen LogP contribution is 2.26. The third-order valence-electron chi connectivity index (χ3n) is 5.34. The number of rotatable bonds is 4. The molecule has 2 fully saturated rings. The van der Waals surface area contributed by atoms with Crippen LogP contribution in [-0.2, 0) is 11.2 Å². The molecular weight excluding hydrogens is 324 g/mol. The van der Waals surface area contributed by atoms with Gasteiger partial charge in [0.15, 0.2) is 0 Å². The van der Waals surface area contributed by atoms with E-state index in [4.69, 9.17) is 4.98 Å². The molecule has 2 aromatic rings. The Kier molecular flexibility index (Phi) is 5.27. The van der Waals surface area contributed by atoms with Crippen molar-refractivity contribution in [3.63, 3.8) is 0 Å². The van der Waals surface area contributed by atoms with E-state index in [1.165, 1.54) is 5.56 Å². The van der Waals surface area contributed by atoms with Crippen LogP contribution in [0.1, 0.15) is 42.1 Å². The minimum atomic E-state index is -0.0777. The van der Waals surface area contributed by atoms with E-state index in [-0.39, 0.29) is 11.9 Å². The van der Waals surface area contributed by atoms with Crippen molar-refractivity contribution in [3.8, 4) is 0 Å². The lowest BCUT2D eigenvalue weighted by molar-refractivity contribution is -0.134. The summed E-state index contributed by atoms with van der Waals surface area (Å²) in [5.41, 5.74) is 9.63. The molecule has 4 rings (SSSR count). The number of nitrogens with one attached hydrogen (secondary N) is 2. The number of hydrogen-bond acceptors (Lipinski definition) is 4. The van der Waals surface area contributed by atoms with Crippen molar-refractivity contribution in [2.45, 2.75) is 37.6 Å². The molecule has 0 aliphatic carbocycles. The fraction of sp³-hybridized carbons (Fsp3) is 0.429. The Hall–Kier alpha value is -2.24. The molecule has 2 N–H and O–H groups in total. The van der Waals surface area contributed by atoms with Crippen LogP contribution in [0.3, 0.4) is 0 Å². The van der Waals surface area contributed by atoms with Gasteiger partial charge in [-0.15, -0.1) is 0 Å². The van der Waals surface area contributed by atoms with Crippen LogP contribution in [0.15, 0.2) is 48.5 Å². The van der Waals surface area contributed by atoms with Crippen molar-refractivity contribution in [2.24, 2.45) is 0 Å². The largest absolute Gasteiger partial charge is 0.341 e. The van der Waals surface area contributed by atoms with Crippen LogP contribution >= 0.6 is 0 Å². The van der Waals surface area contributed by atoms with Gasteiger partial charge < -0.3 is 4.90 Å². The minimum absolute atomic E-state index is 0.0777. The number of aromatic nitrogens is 1. The summed E-state index contributed by atoms with van der Waals surface area (Å²) in [5.74, 6) is 0.554. The van der Waals surface area contributed by atoms with E-state index in [1.54, 1.807) is 0 Å². The molecule has 1 amide bonds. The topological polar surface area (TPSA) is 57.3 Å². The number of hydrogen-bond donors (Lipinski definition) is 2. The molecule has 1 aromatic carbocycles. The predicted octanol–water partition coefficient (Wildman–Crippen LogP) is 2.24. The molecule has 136 valence electrons. The van der Waals surface area contributed by atoms with Gasteiger partial charge in [-0.1, -0.05) is 36.4 Å². The first kappa shape index (κ1) is 17.2. The Morgan fingerprint density at radius 2 is 2.00 bits per heavy atom. The highest BCUT2D eigenvalue weighted by atomic mass is 16.2. The third-order valence-corrected chi connectivity index (χ3v) is 5.34. The van der Waals surface area contributed by atoms with Crippen LogP contribution in [0.25, 0.3) is 0 Å². The summed E-state index contributed by atoms with van der Waals surface area (Å²) in [6.45, 7) is 2.49. The van der Waals surface area contributed by atoms with E-state index in [0.29, 0.717) is 5.92 Å². The quantitative estimate of drug-likeness (QED) is 0.888. The van der Waals surface area contributed by atoms with Crippen LogP contribution in [0, 0.1) is 0 Å². The standard InChI is InChI=1S/C21H26N4O/c26-21(20-11-12-22-24-20)25-13-5-8-17(15-25)19-10-4-9-18(23-19)14-16-6-2-1-3-7-16/h1-4,6-7,9-10,17,20,22,24H,5,8,11-15H2. The van der Waals surface area contributed by atoms with Crippen LogP contribution < -0.4 is 10.9 Å². The maximum Gasteiger partial charge on any atom is 0.241 e. The Morgan fingerprint density at radius 1 is 1.12 bits per heavy atom. The van der Waals surface area contributed by atoms with Crippen LogP contribution in [-0.4, -0.2) is 41.5 Å². The number of nitrogens with zero attached hydrogens (tertiary/aromatic N) is 2. The lowest BCUT2D eigenvalue weighted by Crippen LogP contribution is -2.48. The Balaban J connectivity index is 1.45. The summed E-state index contributed by atoms with van der Waals surface area (Å²) < 4.78 is 0. The number of amides is 1. The second-order valence-electron chi connectivity index (χ2n) is 7.25. The maximum absolute atomic E-state index is 12.7. The Morgan fingerprint density at radius 3 is 2.81 bits per heavy atom. The summed E-state index contributed by atoms with van der Waals surface area (Å²) >= 11 is 0. The molecule has 2 unspecified atom stereocenters. The summed E-state index contributed by atoms with van der Waals surface area (Å²) in [4.78, 5) is 19.6. The van der Waals surface area contributed by atoms with Gasteiger partial charge in [-0.2, -0.15) is 0 Å². The van der Waals surface area contributed by atoms with Gasteiger partial charge in [-0.3, -0.25) is 15.2 Å². The van der Waals surface area contributed by atoms with Gasteiger partial charge in [0.05, 0.1) is 0 Å². The van der Waals surface area contributed by atoms with E-state index < -0.39 is 0 Å². The van der Waals surface area contributed by atoms with Gasteiger partial charge in [0.25, 0.3) is 0 Å². The molecule has 2 saturated heterocycles. The fourth-order valence-electron chi connectivity index (χ4n) is 3.94. The van der Waals surface area contributed by atoms with Gasteiger partial charge in [0.2, 0.25) is 5.91 Å². The van der Waals surface area contributed by atoms with Crippen molar-refractivity contribution in [3.05, 3.63) is 65.5 Å². The highest BCUT2D eigenvalue weighted by molar-refractivity contribution is 5.82. The smallest absolute Gasteiger partial charge is 0.241 e. The lowest BCUT2D eigenvalue weighted by Gasteiger charge is -2.34. The van der Waals surface area contributed by atoms with Crippen molar-refractivity contribution < 1.29 is 4.79 Å². The molecular formula is C21H26N4O. The second-order valence-corrected chi connectivity index (χ2v) is 7.25. The SMILES string of the molecule is O=C(C1CCNN1)N1CCCC(c2cccc(Cc3ccccc3)n2)C1. The Labute approximate surface area is 154 Å². The maximum atomic E-state index is 12.7. The second kappa shape index (κ2) is 7.98. The predicted molar refractivity (Wildman–Crippen MR) is 102 cm³/mol. The minimum Gasteiger partial charge on any atom is -0.341 e. The molecule has 0 radical (unpaired) electrons. The van der Waals surface area contributed by atoms with Gasteiger partial charge >= 0.3 is 0 Å². The van der Waals surface area contributed by atoms with Gasteiger partial charge in [0.1, 0.15) is 6.04 Å². The zero-order valence-corrected chi connectivity index (χ0v) is 15.0. The average Bonchev–Trinajstić information content (AvgIpc) is 3.23. The number of benzene rings is 1. The van der Waals surface area contributed by atoms with Gasteiger partial charge in [0, 0.05) is 43.4 Å². The van der Waals surface area contributed by atoms with Crippen molar-refractivity contribution >= 4 is 5.91 Å². The number of likely N-dealkylation sites (tertiary alicyclic amines) is 1. The average molecular weight is 350 g/mol. The third kappa shape index (κ3) is 3.94. The molecule has 2 aliphatic rings. The summed E-state index contributed by atoms with van der Waals surface area (Å²) in [7, 11) is 0. The first-order chi connectivity index (χ1) is 12.8. The summed E-state index contributed by atoms with van der Waals surface area (Å²) in [6.07, 6.45) is 3.86.